The van der Waals surface area contributed by atoms with Gasteiger partial charge >= 0.3 is 0 Å². The molecule has 0 spiro atoms. The summed E-state index contributed by atoms with van der Waals surface area (Å²) in [6, 6.07) is 21.4. The third kappa shape index (κ3) is 5.82. The molecule has 3 heterocycles. The summed E-state index contributed by atoms with van der Waals surface area (Å²) in [5, 5.41) is 15.7. The first-order chi connectivity index (χ1) is 17.2. The molecule has 176 valence electrons. The number of furan rings is 1. The quantitative estimate of drug-likeness (QED) is 0.247. The van der Waals surface area contributed by atoms with E-state index in [9.17, 15) is 4.79 Å². The molecule has 0 atom stereocenters. The van der Waals surface area contributed by atoms with Crippen molar-refractivity contribution in [2.75, 3.05) is 0 Å². The van der Waals surface area contributed by atoms with Crippen molar-refractivity contribution in [1.82, 2.24) is 25.1 Å². The van der Waals surface area contributed by atoms with Crippen LogP contribution in [0.4, 0.5) is 0 Å². The van der Waals surface area contributed by atoms with Crippen LogP contribution in [0.3, 0.4) is 0 Å². The van der Waals surface area contributed by atoms with Crippen LogP contribution in [0.2, 0.25) is 5.02 Å². The molecule has 1 amide bonds. The molecule has 0 aliphatic carbocycles. The number of halogens is 1. The minimum Gasteiger partial charge on any atom is -0.467 e. The minimum absolute atomic E-state index is 0.235. The van der Waals surface area contributed by atoms with Gasteiger partial charge in [0.05, 0.1) is 24.2 Å². The summed E-state index contributed by atoms with van der Waals surface area (Å²) >= 11 is 9.23. The smallest absolute Gasteiger partial charge is 0.271 e. The first-order valence-electron chi connectivity index (χ1n) is 10.8. The first-order valence-corrected chi connectivity index (χ1v) is 13.0. The maximum atomic E-state index is 12.4. The molecule has 0 saturated carbocycles. The van der Waals surface area contributed by atoms with Crippen molar-refractivity contribution in [3.8, 4) is 5.69 Å². The fraction of sp³-hybridized carbons (Fsp3) is 0.120. The van der Waals surface area contributed by atoms with Crippen molar-refractivity contribution >= 4 is 40.6 Å². The second kappa shape index (κ2) is 10.9. The summed E-state index contributed by atoms with van der Waals surface area (Å²) in [5.41, 5.74) is 2.43. The Morgan fingerprint density at radius 2 is 1.97 bits per heavy atom. The highest BCUT2D eigenvalue weighted by Gasteiger charge is 2.17. The van der Waals surface area contributed by atoms with Crippen molar-refractivity contribution in [1.29, 1.82) is 0 Å². The second-order valence-corrected chi connectivity index (χ2v) is 9.88. The van der Waals surface area contributed by atoms with Gasteiger partial charge < -0.3 is 9.73 Å². The summed E-state index contributed by atoms with van der Waals surface area (Å²) < 4.78 is 7.27. The van der Waals surface area contributed by atoms with Crippen LogP contribution in [0, 0.1) is 0 Å². The lowest BCUT2D eigenvalue weighted by atomic mass is 10.1. The Balaban J connectivity index is 1.31. The van der Waals surface area contributed by atoms with E-state index in [0.717, 1.165) is 27.2 Å². The monoisotopic (exact) mass is 521 g/mol. The zero-order chi connectivity index (χ0) is 24.0. The number of thiazole rings is 1. The number of nitrogens with zero attached hydrogens (tertiary/aromatic N) is 4. The molecule has 0 aliphatic rings. The van der Waals surface area contributed by atoms with E-state index >= 15 is 0 Å². The van der Waals surface area contributed by atoms with E-state index in [1.807, 2.05) is 53.1 Å². The summed E-state index contributed by atoms with van der Waals surface area (Å²) in [7, 11) is 0. The van der Waals surface area contributed by atoms with Crippen LogP contribution in [0.25, 0.3) is 5.69 Å². The molecule has 0 saturated heterocycles. The lowest BCUT2D eigenvalue weighted by Gasteiger charge is -2.10. The number of hydrogen-bond donors (Lipinski definition) is 1. The van der Waals surface area contributed by atoms with E-state index in [1.165, 1.54) is 23.1 Å². The molecule has 10 heteroatoms. The van der Waals surface area contributed by atoms with Gasteiger partial charge in [0.15, 0.2) is 5.16 Å². The van der Waals surface area contributed by atoms with Gasteiger partial charge in [-0.1, -0.05) is 59.8 Å². The molecule has 0 aliphatic heterocycles. The van der Waals surface area contributed by atoms with E-state index < -0.39 is 0 Å². The molecule has 0 radical (unpaired) electrons. The normalized spacial score (nSPS) is 11.0. The maximum absolute atomic E-state index is 12.4. The number of benzene rings is 2. The third-order valence-electron chi connectivity index (χ3n) is 5.08. The van der Waals surface area contributed by atoms with Crippen LogP contribution < -0.4 is 5.32 Å². The van der Waals surface area contributed by atoms with Gasteiger partial charge in [-0.15, -0.1) is 21.5 Å². The number of thioether (sulfide) groups is 1. The van der Waals surface area contributed by atoms with Crippen LogP contribution >= 0.6 is 34.7 Å². The van der Waals surface area contributed by atoms with Gasteiger partial charge in [0.2, 0.25) is 0 Å². The highest BCUT2D eigenvalue weighted by molar-refractivity contribution is 7.98. The fourth-order valence-corrected chi connectivity index (χ4v) is 5.39. The van der Waals surface area contributed by atoms with Gasteiger partial charge in [-0.25, -0.2) is 4.98 Å². The summed E-state index contributed by atoms with van der Waals surface area (Å²) in [5.74, 6) is 1.83. The van der Waals surface area contributed by atoms with Crippen molar-refractivity contribution < 1.29 is 9.21 Å². The molecule has 5 aromatic rings. The molecule has 3 aromatic heterocycles. The third-order valence-corrected chi connectivity index (χ3v) is 7.29. The molecule has 0 unspecified atom stereocenters. The van der Waals surface area contributed by atoms with E-state index in [0.29, 0.717) is 35.2 Å². The van der Waals surface area contributed by atoms with E-state index in [-0.39, 0.29) is 5.91 Å². The van der Waals surface area contributed by atoms with Crippen LogP contribution in [-0.4, -0.2) is 25.7 Å². The molecule has 1 N–H and O–H groups in total. The van der Waals surface area contributed by atoms with E-state index in [1.54, 1.807) is 17.7 Å². The second-order valence-electron chi connectivity index (χ2n) is 7.55. The number of carbonyl (C=O) groups is 1. The SMILES string of the molecule is O=C(NCc1ccco1)c1csc(CSc2nnc(Cc3ccccc3)n2-c2cccc(Cl)c2)n1. The van der Waals surface area contributed by atoms with Gasteiger partial charge in [-0.05, 0) is 35.9 Å². The standard InChI is InChI=1S/C25H20ClN5O2S2/c26-18-8-4-9-19(13-18)31-22(12-17-6-2-1-3-7-17)29-30-25(31)35-16-23-28-21(15-34-23)24(32)27-14-20-10-5-11-33-20/h1-11,13,15H,12,14,16H2,(H,27,32). The average molecular weight is 522 g/mol. The summed E-state index contributed by atoms with van der Waals surface area (Å²) in [6.07, 6.45) is 2.21. The van der Waals surface area contributed by atoms with Crippen molar-refractivity contribution in [2.45, 2.75) is 23.9 Å². The number of carbonyl (C=O) groups excluding carboxylic acids is 1. The molecular weight excluding hydrogens is 502 g/mol. The molecule has 2 aromatic carbocycles. The van der Waals surface area contributed by atoms with Crippen LogP contribution in [0.1, 0.15) is 32.6 Å². The Labute approximate surface area is 215 Å². The zero-order valence-electron chi connectivity index (χ0n) is 18.4. The lowest BCUT2D eigenvalue weighted by molar-refractivity contribution is 0.0943. The number of nitrogens with one attached hydrogen (secondary N) is 1. The highest BCUT2D eigenvalue weighted by atomic mass is 35.5. The zero-order valence-corrected chi connectivity index (χ0v) is 20.8. The summed E-state index contributed by atoms with van der Waals surface area (Å²) in [4.78, 5) is 16.9. The maximum Gasteiger partial charge on any atom is 0.271 e. The molecular formula is C25H20ClN5O2S2. The van der Waals surface area contributed by atoms with Gasteiger partial charge in [0.1, 0.15) is 22.3 Å². The summed E-state index contributed by atoms with van der Waals surface area (Å²) in [6.45, 7) is 0.320. The van der Waals surface area contributed by atoms with Gasteiger partial charge in [0, 0.05) is 16.8 Å². The predicted molar refractivity (Wildman–Crippen MR) is 137 cm³/mol. The number of hydrogen-bond acceptors (Lipinski definition) is 7. The van der Waals surface area contributed by atoms with Gasteiger partial charge in [-0.3, -0.25) is 9.36 Å². The fourth-order valence-electron chi connectivity index (χ4n) is 3.44. The predicted octanol–water partition coefficient (Wildman–Crippen LogP) is 5.78. The van der Waals surface area contributed by atoms with E-state index in [2.05, 4.69) is 32.6 Å². The Morgan fingerprint density at radius 3 is 2.77 bits per heavy atom. The molecule has 7 nitrogen and oxygen atoms in total. The number of rotatable bonds is 9. The minimum atomic E-state index is -0.235. The number of amides is 1. The van der Waals surface area contributed by atoms with Crippen LogP contribution in [0.15, 0.2) is 87.9 Å². The Bertz CT molecular complexity index is 1420. The topological polar surface area (TPSA) is 85.8 Å². The molecule has 35 heavy (non-hydrogen) atoms. The molecule has 0 bridgehead atoms. The van der Waals surface area contributed by atoms with Gasteiger partial charge in [0.25, 0.3) is 5.91 Å². The largest absolute Gasteiger partial charge is 0.467 e. The van der Waals surface area contributed by atoms with Gasteiger partial charge in [-0.2, -0.15) is 0 Å². The van der Waals surface area contributed by atoms with Crippen molar-refractivity contribution in [2.24, 2.45) is 0 Å². The number of aromatic nitrogens is 4. The Morgan fingerprint density at radius 1 is 1.09 bits per heavy atom. The Hall–Kier alpha value is -3.40. The highest BCUT2D eigenvalue weighted by Crippen LogP contribution is 2.28. The Kier molecular flexibility index (Phi) is 7.27. The van der Waals surface area contributed by atoms with Crippen LogP contribution in [0.5, 0.6) is 0 Å². The van der Waals surface area contributed by atoms with Crippen molar-refractivity contribution in [3.05, 3.63) is 111 Å². The lowest BCUT2D eigenvalue weighted by Crippen LogP contribution is -2.22. The first kappa shape index (κ1) is 23.3. The molecule has 5 rings (SSSR count). The molecule has 0 fully saturated rings. The van der Waals surface area contributed by atoms with E-state index in [4.69, 9.17) is 16.0 Å². The van der Waals surface area contributed by atoms with Crippen LogP contribution in [-0.2, 0) is 18.7 Å². The average Bonchev–Trinajstić information content (AvgIpc) is 3.63. The van der Waals surface area contributed by atoms with Crippen molar-refractivity contribution in [3.63, 3.8) is 0 Å².